The molecule has 2 heterocycles. The van der Waals surface area contributed by atoms with Crippen molar-refractivity contribution in [1.29, 1.82) is 5.26 Å². The van der Waals surface area contributed by atoms with Gasteiger partial charge in [0.1, 0.15) is 10.9 Å². The third kappa shape index (κ3) is 2.96. The summed E-state index contributed by atoms with van der Waals surface area (Å²) in [5, 5.41) is 11.8. The van der Waals surface area contributed by atoms with Crippen molar-refractivity contribution >= 4 is 28.3 Å². The minimum Gasteiger partial charge on any atom is -0.337 e. The van der Waals surface area contributed by atoms with Gasteiger partial charge in [0.15, 0.2) is 5.13 Å². The number of likely N-dealkylation sites (tertiary alicyclic amines) is 1. The SMILES string of the molecule is CC(C)(C)N1C[C@H](C(=O)Nc2ncc(C#N)s2)CC1=O. The first kappa shape index (κ1) is 14.5. The van der Waals surface area contributed by atoms with E-state index in [4.69, 9.17) is 5.26 Å². The van der Waals surface area contributed by atoms with Gasteiger partial charge in [-0.15, -0.1) is 0 Å². The van der Waals surface area contributed by atoms with E-state index in [-0.39, 0.29) is 29.7 Å². The molecule has 106 valence electrons. The van der Waals surface area contributed by atoms with Gasteiger partial charge in [0.25, 0.3) is 0 Å². The Morgan fingerprint density at radius 2 is 2.30 bits per heavy atom. The fourth-order valence-corrected chi connectivity index (χ4v) is 2.74. The number of hydrogen-bond donors (Lipinski definition) is 1. The fourth-order valence-electron chi connectivity index (χ4n) is 2.12. The second kappa shape index (κ2) is 5.21. The molecule has 20 heavy (non-hydrogen) atoms. The highest BCUT2D eigenvalue weighted by Gasteiger charge is 2.39. The van der Waals surface area contributed by atoms with Crippen LogP contribution < -0.4 is 5.32 Å². The maximum Gasteiger partial charge on any atom is 0.231 e. The lowest BCUT2D eigenvalue weighted by Crippen LogP contribution is -2.42. The summed E-state index contributed by atoms with van der Waals surface area (Å²) in [5.74, 6) is -0.588. The third-order valence-corrected chi connectivity index (χ3v) is 3.97. The van der Waals surface area contributed by atoms with Gasteiger partial charge in [0.2, 0.25) is 11.8 Å². The average molecular weight is 292 g/mol. The Labute approximate surface area is 121 Å². The molecule has 2 rings (SSSR count). The van der Waals surface area contributed by atoms with Gasteiger partial charge < -0.3 is 10.2 Å². The number of carbonyl (C=O) groups is 2. The van der Waals surface area contributed by atoms with E-state index in [1.54, 1.807) is 4.90 Å². The summed E-state index contributed by atoms with van der Waals surface area (Å²) in [6, 6.07) is 1.97. The van der Waals surface area contributed by atoms with Gasteiger partial charge in [0, 0.05) is 18.5 Å². The predicted octanol–water partition coefficient (Wildman–Crippen LogP) is 1.60. The minimum atomic E-state index is -0.365. The van der Waals surface area contributed by atoms with Gasteiger partial charge in [0.05, 0.1) is 12.1 Å². The van der Waals surface area contributed by atoms with Crippen LogP contribution in [0.2, 0.25) is 0 Å². The van der Waals surface area contributed by atoms with Gasteiger partial charge in [-0.2, -0.15) is 5.26 Å². The van der Waals surface area contributed by atoms with E-state index < -0.39 is 0 Å². The molecule has 1 aliphatic rings. The smallest absolute Gasteiger partial charge is 0.231 e. The van der Waals surface area contributed by atoms with E-state index in [2.05, 4.69) is 10.3 Å². The summed E-state index contributed by atoms with van der Waals surface area (Å²) in [4.78, 5) is 30.2. The normalized spacial score (nSPS) is 19.0. The van der Waals surface area contributed by atoms with Crippen LogP contribution in [0.25, 0.3) is 0 Å². The highest BCUT2D eigenvalue weighted by atomic mass is 32.1. The van der Waals surface area contributed by atoms with E-state index >= 15 is 0 Å². The molecule has 1 aromatic heterocycles. The molecule has 0 aliphatic carbocycles. The number of rotatable bonds is 2. The van der Waals surface area contributed by atoms with E-state index in [0.29, 0.717) is 16.6 Å². The van der Waals surface area contributed by atoms with Crippen molar-refractivity contribution in [2.24, 2.45) is 5.92 Å². The number of aromatic nitrogens is 1. The van der Waals surface area contributed by atoms with Gasteiger partial charge in [-0.3, -0.25) is 9.59 Å². The number of carbonyl (C=O) groups excluding carboxylic acids is 2. The second-order valence-electron chi connectivity index (χ2n) is 5.71. The monoisotopic (exact) mass is 292 g/mol. The molecule has 6 nitrogen and oxygen atoms in total. The summed E-state index contributed by atoms with van der Waals surface area (Å²) < 4.78 is 0. The van der Waals surface area contributed by atoms with Crippen molar-refractivity contribution in [2.45, 2.75) is 32.7 Å². The van der Waals surface area contributed by atoms with Crippen LogP contribution in [0, 0.1) is 17.2 Å². The van der Waals surface area contributed by atoms with Gasteiger partial charge in [-0.25, -0.2) is 4.98 Å². The Hall–Kier alpha value is -1.94. The number of nitrogens with zero attached hydrogens (tertiary/aromatic N) is 3. The Kier molecular flexibility index (Phi) is 3.77. The molecule has 0 unspecified atom stereocenters. The van der Waals surface area contributed by atoms with Crippen LogP contribution in [0.4, 0.5) is 5.13 Å². The van der Waals surface area contributed by atoms with E-state index in [0.717, 1.165) is 11.3 Å². The zero-order valence-electron chi connectivity index (χ0n) is 11.6. The maximum absolute atomic E-state index is 12.1. The molecule has 0 aromatic carbocycles. The number of nitrogens with one attached hydrogen (secondary N) is 1. The topological polar surface area (TPSA) is 86.1 Å². The summed E-state index contributed by atoms with van der Waals surface area (Å²) in [5.41, 5.74) is -0.277. The molecular formula is C13H16N4O2S. The lowest BCUT2D eigenvalue weighted by atomic mass is 10.1. The Morgan fingerprint density at radius 1 is 1.60 bits per heavy atom. The quantitative estimate of drug-likeness (QED) is 0.897. The Morgan fingerprint density at radius 3 is 2.80 bits per heavy atom. The molecule has 1 fully saturated rings. The summed E-state index contributed by atoms with van der Waals surface area (Å²) in [6.45, 7) is 6.27. The lowest BCUT2D eigenvalue weighted by Gasteiger charge is -2.31. The molecule has 1 aromatic rings. The molecule has 2 amide bonds. The van der Waals surface area contributed by atoms with Crippen molar-refractivity contribution < 1.29 is 9.59 Å². The van der Waals surface area contributed by atoms with Crippen LogP contribution in [0.1, 0.15) is 32.1 Å². The standard InChI is InChI=1S/C13H16N4O2S/c1-13(2,3)17-7-8(4-10(17)18)11(19)16-12-15-6-9(5-14)20-12/h6,8H,4,7H2,1-3H3,(H,15,16,19)/t8-/m1/s1. The first-order valence-corrected chi connectivity index (χ1v) is 7.10. The molecule has 1 saturated heterocycles. The van der Waals surface area contributed by atoms with Crippen molar-refractivity contribution in [1.82, 2.24) is 9.88 Å². The molecular weight excluding hydrogens is 276 g/mol. The molecule has 0 spiro atoms. The van der Waals surface area contributed by atoms with Crippen LogP contribution in [0.15, 0.2) is 6.20 Å². The third-order valence-electron chi connectivity index (χ3n) is 3.15. The van der Waals surface area contributed by atoms with Crippen molar-refractivity contribution in [2.75, 3.05) is 11.9 Å². The molecule has 0 saturated carbocycles. The average Bonchev–Trinajstić information content (AvgIpc) is 2.94. The number of anilines is 1. The van der Waals surface area contributed by atoms with Gasteiger partial charge in [-0.05, 0) is 20.8 Å². The van der Waals surface area contributed by atoms with Crippen LogP contribution in [0.5, 0.6) is 0 Å². The van der Waals surface area contributed by atoms with E-state index in [9.17, 15) is 9.59 Å². The van der Waals surface area contributed by atoms with Gasteiger partial charge >= 0.3 is 0 Å². The number of amides is 2. The number of hydrogen-bond acceptors (Lipinski definition) is 5. The molecule has 1 atom stereocenters. The Balaban J connectivity index is 2.01. The summed E-state index contributed by atoms with van der Waals surface area (Å²) in [7, 11) is 0. The first-order chi connectivity index (χ1) is 9.31. The predicted molar refractivity (Wildman–Crippen MR) is 75.0 cm³/mol. The van der Waals surface area contributed by atoms with E-state index in [1.165, 1.54) is 6.20 Å². The summed E-state index contributed by atoms with van der Waals surface area (Å²) >= 11 is 1.12. The zero-order chi connectivity index (χ0) is 14.9. The lowest BCUT2D eigenvalue weighted by molar-refractivity contribution is -0.131. The molecule has 1 aliphatic heterocycles. The highest BCUT2D eigenvalue weighted by molar-refractivity contribution is 7.16. The Bertz CT molecular complexity index is 582. The van der Waals surface area contributed by atoms with Gasteiger partial charge in [-0.1, -0.05) is 11.3 Å². The van der Waals surface area contributed by atoms with Crippen LogP contribution in [-0.2, 0) is 9.59 Å². The van der Waals surface area contributed by atoms with Crippen molar-refractivity contribution in [3.63, 3.8) is 0 Å². The van der Waals surface area contributed by atoms with Crippen molar-refractivity contribution in [3.05, 3.63) is 11.1 Å². The largest absolute Gasteiger partial charge is 0.337 e. The zero-order valence-corrected chi connectivity index (χ0v) is 12.5. The summed E-state index contributed by atoms with van der Waals surface area (Å²) in [6.07, 6.45) is 1.64. The van der Waals surface area contributed by atoms with Crippen LogP contribution in [0.3, 0.4) is 0 Å². The first-order valence-electron chi connectivity index (χ1n) is 6.28. The number of thiazole rings is 1. The maximum atomic E-state index is 12.1. The number of nitriles is 1. The molecule has 0 bridgehead atoms. The second-order valence-corrected chi connectivity index (χ2v) is 6.74. The van der Waals surface area contributed by atoms with E-state index in [1.807, 2.05) is 26.8 Å². The minimum absolute atomic E-state index is 0.00509. The fraction of sp³-hybridized carbons (Fsp3) is 0.538. The molecule has 1 N–H and O–H groups in total. The van der Waals surface area contributed by atoms with Crippen LogP contribution in [-0.4, -0.2) is 33.8 Å². The molecule has 7 heteroatoms. The molecule has 0 radical (unpaired) electrons. The van der Waals surface area contributed by atoms with Crippen molar-refractivity contribution in [3.8, 4) is 6.07 Å². The van der Waals surface area contributed by atoms with Crippen LogP contribution >= 0.6 is 11.3 Å². The highest BCUT2D eigenvalue weighted by Crippen LogP contribution is 2.27.